The number of hydrogen-bond donors (Lipinski definition) is 3. The van der Waals surface area contributed by atoms with E-state index in [1.165, 1.54) is 18.2 Å². The summed E-state index contributed by atoms with van der Waals surface area (Å²) in [7, 11) is 0. The Morgan fingerprint density at radius 1 is 1.00 bits per heavy atom. The van der Waals surface area contributed by atoms with E-state index in [0.29, 0.717) is 5.56 Å². The summed E-state index contributed by atoms with van der Waals surface area (Å²) in [6.45, 7) is 0.162. The standard InChI is InChI=1S/C13H13NO3/c15-12-6-7-13(16)10(8-12)9-17-14-11-4-2-1-3-5-11/h1-8,14-16H,9H2. The molecule has 4 nitrogen and oxygen atoms in total. The Balaban J connectivity index is 1.92. The summed E-state index contributed by atoms with van der Waals surface area (Å²) in [4.78, 5) is 5.22. The zero-order valence-electron chi connectivity index (χ0n) is 9.13. The predicted molar refractivity (Wildman–Crippen MR) is 64.6 cm³/mol. The molecule has 0 aliphatic heterocycles. The maximum absolute atomic E-state index is 9.51. The van der Waals surface area contributed by atoms with E-state index in [0.717, 1.165) is 5.69 Å². The third-order valence-electron chi connectivity index (χ3n) is 2.25. The Morgan fingerprint density at radius 3 is 2.53 bits per heavy atom. The Morgan fingerprint density at radius 2 is 1.76 bits per heavy atom. The van der Waals surface area contributed by atoms with Gasteiger partial charge in [0.15, 0.2) is 0 Å². The molecule has 88 valence electrons. The van der Waals surface area contributed by atoms with E-state index in [2.05, 4.69) is 5.48 Å². The molecule has 0 amide bonds. The van der Waals surface area contributed by atoms with Crippen LogP contribution >= 0.6 is 0 Å². The summed E-state index contributed by atoms with van der Waals surface area (Å²) >= 11 is 0. The van der Waals surface area contributed by atoms with Gasteiger partial charge in [-0.2, -0.15) is 0 Å². The van der Waals surface area contributed by atoms with Gasteiger partial charge in [-0.3, -0.25) is 10.3 Å². The summed E-state index contributed by atoms with van der Waals surface area (Å²) in [6.07, 6.45) is 0. The first kappa shape index (κ1) is 11.3. The van der Waals surface area contributed by atoms with Crippen molar-refractivity contribution in [2.45, 2.75) is 6.61 Å². The number of para-hydroxylation sites is 1. The van der Waals surface area contributed by atoms with Crippen LogP contribution in [-0.4, -0.2) is 10.2 Å². The molecular weight excluding hydrogens is 218 g/mol. The number of phenols is 2. The topological polar surface area (TPSA) is 61.7 Å². The fourth-order valence-corrected chi connectivity index (χ4v) is 1.39. The third-order valence-corrected chi connectivity index (χ3v) is 2.25. The first-order valence-electron chi connectivity index (χ1n) is 5.19. The van der Waals surface area contributed by atoms with Gasteiger partial charge in [-0.1, -0.05) is 18.2 Å². The zero-order valence-corrected chi connectivity index (χ0v) is 9.13. The Hall–Kier alpha value is -2.20. The SMILES string of the molecule is Oc1ccc(O)c(CONc2ccccc2)c1. The molecular formula is C13H13NO3. The van der Waals surface area contributed by atoms with Gasteiger partial charge >= 0.3 is 0 Å². The van der Waals surface area contributed by atoms with E-state index in [9.17, 15) is 10.2 Å². The van der Waals surface area contributed by atoms with Crippen LogP contribution in [0.5, 0.6) is 11.5 Å². The minimum absolute atomic E-state index is 0.0951. The summed E-state index contributed by atoms with van der Waals surface area (Å²) in [6, 6.07) is 13.7. The van der Waals surface area contributed by atoms with Crippen molar-refractivity contribution in [2.75, 3.05) is 5.48 Å². The minimum Gasteiger partial charge on any atom is -0.508 e. The lowest BCUT2D eigenvalue weighted by Crippen LogP contribution is -2.01. The lowest BCUT2D eigenvalue weighted by atomic mass is 10.2. The van der Waals surface area contributed by atoms with Gasteiger partial charge in [-0.05, 0) is 30.3 Å². The van der Waals surface area contributed by atoms with Crippen molar-refractivity contribution in [1.82, 2.24) is 0 Å². The van der Waals surface area contributed by atoms with Gasteiger partial charge in [-0.15, -0.1) is 0 Å². The Bertz CT molecular complexity index is 485. The van der Waals surface area contributed by atoms with Gasteiger partial charge < -0.3 is 10.2 Å². The van der Waals surface area contributed by atoms with Crippen LogP contribution in [0, 0.1) is 0 Å². The number of benzene rings is 2. The molecule has 4 heteroatoms. The van der Waals surface area contributed by atoms with Crippen LogP contribution in [0.15, 0.2) is 48.5 Å². The van der Waals surface area contributed by atoms with Crippen molar-refractivity contribution in [1.29, 1.82) is 0 Å². The third kappa shape index (κ3) is 3.12. The highest BCUT2D eigenvalue weighted by Gasteiger charge is 2.02. The normalized spacial score (nSPS) is 10.1. The summed E-state index contributed by atoms with van der Waals surface area (Å²) < 4.78 is 0. The average molecular weight is 231 g/mol. The van der Waals surface area contributed by atoms with Crippen LogP contribution in [0.3, 0.4) is 0 Å². The monoisotopic (exact) mass is 231 g/mol. The molecule has 3 N–H and O–H groups in total. The van der Waals surface area contributed by atoms with Crippen LogP contribution < -0.4 is 5.48 Å². The fraction of sp³-hybridized carbons (Fsp3) is 0.0769. The number of nitrogens with one attached hydrogen (secondary N) is 1. The summed E-state index contributed by atoms with van der Waals surface area (Å²) in [5.41, 5.74) is 4.09. The molecule has 0 saturated heterocycles. The van der Waals surface area contributed by atoms with Crippen molar-refractivity contribution < 1.29 is 15.1 Å². The van der Waals surface area contributed by atoms with E-state index in [4.69, 9.17) is 4.84 Å². The van der Waals surface area contributed by atoms with Gasteiger partial charge in [0.1, 0.15) is 18.1 Å². The molecule has 0 spiro atoms. The molecule has 0 aliphatic rings. The molecule has 2 aromatic rings. The molecule has 0 fully saturated rings. The van der Waals surface area contributed by atoms with Crippen molar-refractivity contribution >= 4 is 5.69 Å². The molecule has 0 aromatic heterocycles. The van der Waals surface area contributed by atoms with E-state index in [-0.39, 0.29) is 18.1 Å². The molecule has 0 aliphatic carbocycles. The highest BCUT2D eigenvalue weighted by molar-refractivity contribution is 5.41. The molecule has 0 bridgehead atoms. The van der Waals surface area contributed by atoms with Crippen molar-refractivity contribution in [3.05, 3.63) is 54.1 Å². The Kier molecular flexibility index (Phi) is 3.47. The maximum Gasteiger partial charge on any atom is 0.121 e. The second-order valence-corrected chi connectivity index (χ2v) is 3.57. The van der Waals surface area contributed by atoms with Gasteiger partial charge in [0.2, 0.25) is 0 Å². The fourth-order valence-electron chi connectivity index (χ4n) is 1.39. The lowest BCUT2D eigenvalue weighted by Gasteiger charge is -2.08. The predicted octanol–water partition coefficient (Wildman–Crippen LogP) is 2.64. The lowest BCUT2D eigenvalue weighted by molar-refractivity contribution is 0.177. The first-order valence-corrected chi connectivity index (χ1v) is 5.19. The minimum atomic E-state index is 0.0951. The number of rotatable bonds is 4. The summed E-state index contributed by atoms with van der Waals surface area (Å²) in [5, 5.41) is 18.8. The molecule has 2 rings (SSSR count). The molecule has 17 heavy (non-hydrogen) atoms. The van der Waals surface area contributed by atoms with Crippen LogP contribution in [0.1, 0.15) is 5.56 Å². The molecule has 0 unspecified atom stereocenters. The molecule has 0 atom stereocenters. The number of phenolic OH excluding ortho intramolecular Hbond substituents is 2. The molecule has 0 radical (unpaired) electrons. The number of anilines is 1. The molecule has 2 aromatic carbocycles. The van der Waals surface area contributed by atoms with E-state index in [1.807, 2.05) is 30.3 Å². The van der Waals surface area contributed by atoms with E-state index < -0.39 is 0 Å². The average Bonchev–Trinajstić information content (AvgIpc) is 2.35. The van der Waals surface area contributed by atoms with Gasteiger partial charge in [-0.25, -0.2) is 0 Å². The van der Waals surface area contributed by atoms with Crippen LogP contribution in [-0.2, 0) is 11.4 Å². The van der Waals surface area contributed by atoms with Crippen molar-refractivity contribution in [3.8, 4) is 11.5 Å². The quantitative estimate of drug-likeness (QED) is 0.559. The van der Waals surface area contributed by atoms with E-state index in [1.54, 1.807) is 0 Å². The largest absolute Gasteiger partial charge is 0.508 e. The zero-order chi connectivity index (χ0) is 12.1. The van der Waals surface area contributed by atoms with Gasteiger partial charge in [0, 0.05) is 5.56 Å². The van der Waals surface area contributed by atoms with Crippen molar-refractivity contribution in [3.63, 3.8) is 0 Å². The second kappa shape index (κ2) is 5.23. The highest BCUT2D eigenvalue weighted by Crippen LogP contribution is 2.22. The van der Waals surface area contributed by atoms with E-state index >= 15 is 0 Å². The smallest absolute Gasteiger partial charge is 0.121 e. The molecule has 0 heterocycles. The Labute approximate surface area is 99.1 Å². The highest BCUT2D eigenvalue weighted by atomic mass is 16.6. The van der Waals surface area contributed by atoms with Crippen LogP contribution in [0.25, 0.3) is 0 Å². The van der Waals surface area contributed by atoms with Gasteiger partial charge in [0.05, 0.1) is 5.69 Å². The summed E-state index contributed by atoms with van der Waals surface area (Å²) in [5.74, 6) is 0.193. The van der Waals surface area contributed by atoms with Crippen LogP contribution in [0.2, 0.25) is 0 Å². The molecule has 0 saturated carbocycles. The van der Waals surface area contributed by atoms with Crippen LogP contribution in [0.4, 0.5) is 5.69 Å². The van der Waals surface area contributed by atoms with Crippen molar-refractivity contribution in [2.24, 2.45) is 0 Å². The second-order valence-electron chi connectivity index (χ2n) is 3.57. The number of hydrogen-bond acceptors (Lipinski definition) is 4. The van der Waals surface area contributed by atoms with Gasteiger partial charge in [0.25, 0.3) is 0 Å². The maximum atomic E-state index is 9.51. The number of aromatic hydroxyl groups is 2. The first-order chi connectivity index (χ1) is 8.25.